The van der Waals surface area contributed by atoms with Gasteiger partial charge in [0, 0.05) is 37.7 Å². The van der Waals surface area contributed by atoms with Gasteiger partial charge in [0.15, 0.2) is 0 Å². The molecular formula is C26H26N6O3. The molecule has 0 saturated carbocycles. The molecule has 5 rings (SSSR count). The monoisotopic (exact) mass is 470 g/mol. The highest BCUT2D eigenvalue weighted by Crippen LogP contribution is 2.28. The molecule has 4 aromatic rings. The van der Waals surface area contributed by atoms with E-state index < -0.39 is 0 Å². The Balaban J connectivity index is 1.48. The molecule has 3 heterocycles. The van der Waals surface area contributed by atoms with Crippen molar-refractivity contribution in [2.45, 2.75) is 0 Å². The van der Waals surface area contributed by atoms with Crippen molar-refractivity contribution >= 4 is 45.4 Å². The van der Waals surface area contributed by atoms with E-state index in [0.717, 1.165) is 43.1 Å². The molecule has 0 spiro atoms. The molecular weight excluding hydrogens is 444 g/mol. The number of fused-ring (bicyclic) bond motifs is 1. The van der Waals surface area contributed by atoms with Gasteiger partial charge in [0.05, 0.1) is 29.9 Å². The van der Waals surface area contributed by atoms with E-state index in [9.17, 15) is 9.59 Å². The van der Waals surface area contributed by atoms with Crippen LogP contribution < -0.4 is 26.4 Å². The fourth-order valence-corrected chi connectivity index (χ4v) is 4.15. The molecule has 0 bridgehead atoms. The first-order valence-corrected chi connectivity index (χ1v) is 11.4. The number of hydrogen-bond acceptors (Lipinski definition) is 7. The number of aromatic amines is 1. The number of amides is 1. The van der Waals surface area contributed by atoms with Crippen molar-refractivity contribution < 1.29 is 9.53 Å². The maximum absolute atomic E-state index is 12.7. The maximum atomic E-state index is 12.7. The smallest absolute Gasteiger partial charge is 0.259 e. The van der Waals surface area contributed by atoms with Gasteiger partial charge in [-0.25, -0.2) is 4.98 Å². The molecule has 9 nitrogen and oxygen atoms in total. The number of H-pyrrole nitrogens is 1. The van der Waals surface area contributed by atoms with Gasteiger partial charge in [-0.3, -0.25) is 9.59 Å². The van der Waals surface area contributed by atoms with Crippen LogP contribution in [0.25, 0.3) is 10.8 Å². The number of hydrogen-bond donors (Lipinski definition) is 4. The summed E-state index contributed by atoms with van der Waals surface area (Å²) < 4.78 is 5.43. The van der Waals surface area contributed by atoms with Crippen LogP contribution in [0.2, 0.25) is 0 Å². The average molecular weight is 471 g/mol. The molecule has 0 aliphatic carbocycles. The molecule has 4 N–H and O–H groups in total. The van der Waals surface area contributed by atoms with Crippen LogP contribution in [0.5, 0.6) is 0 Å². The summed E-state index contributed by atoms with van der Waals surface area (Å²) in [7, 11) is 1.59. The van der Waals surface area contributed by atoms with Gasteiger partial charge in [0.25, 0.3) is 11.5 Å². The molecule has 2 aromatic carbocycles. The third-order valence-electron chi connectivity index (χ3n) is 5.92. The Labute approximate surface area is 202 Å². The number of aromatic nitrogens is 2. The summed E-state index contributed by atoms with van der Waals surface area (Å²) in [6, 6.07) is 18.8. The molecule has 2 aromatic heterocycles. The van der Waals surface area contributed by atoms with E-state index >= 15 is 0 Å². The largest absolute Gasteiger partial charge is 0.378 e. The molecule has 1 aliphatic rings. The van der Waals surface area contributed by atoms with Crippen molar-refractivity contribution in [2.24, 2.45) is 0 Å². The number of morpholine rings is 1. The van der Waals surface area contributed by atoms with Gasteiger partial charge in [0.1, 0.15) is 11.6 Å². The summed E-state index contributed by atoms with van der Waals surface area (Å²) in [5.41, 5.74) is 2.80. The van der Waals surface area contributed by atoms with Crippen molar-refractivity contribution in [3.63, 3.8) is 0 Å². The minimum atomic E-state index is -0.236. The van der Waals surface area contributed by atoms with E-state index in [1.807, 2.05) is 42.5 Å². The Hall–Kier alpha value is -4.37. The number of nitrogens with zero attached hydrogens (tertiary/aromatic N) is 2. The second-order valence-electron chi connectivity index (χ2n) is 8.15. The van der Waals surface area contributed by atoms with E-state index in [-0.39, 0.29) is 11.5 Å². The lowest BCUT2D eigenvalue weighted by Crippen LogP contribution is -2.36. The zero-order valence-corrected chi connectivity index (χ0v) is 19.3. The van der Waals surface area contributed by atoms with Crippen molar-refractivity contribution in [1.82, 2.24) is 15.3 Å². The maximum Gasteiger partial charge on any atom is 0.259 e. The minimum Gasteiger partial charge on any atom is -0.378 e. The summed E-state index contributed by atoms with van der Waals surface area (Å²) in [6.07, 6.45) is 1.60. The van der Waals surface area contributed by atoms with E-state index in [1.54, 1.807) is 31.4 Å². The fourth-order valence-electron chi connectivity index (χ4n) is 4.15. The molecule has 0 unspecified atom stereocenters. The molecule has 1 saturated heterocycles. The Morgan fingerprint density at radius 1 is 1.03 bits per heavy atom. The number of rotatable bonds is 6. The standard InChI is InChI=1S/C26H26N6O3/c1-27-25(33)20-4-2-3-5-21(20)30-22-16-17-10-11-28-26(34)23(17)24(31-22)29-18-6-8-19(9-7-18)32-12-14-35-15-13-32/h2-11,16H,12-15H2,1H3,(H,27,33)(H,28,34)(H2,29,30,31). The zero-order valence-electron chi connectivity index (χ0n) is 19.3. The second-order valence-corrected chi connectivity index (χ2v) is 8.15. The van der Waals surface area contributed by atoms with E-state index in [1.165, 1.54) is 0 Å². The van der Waals surface area contributed by atoms with Gasteiger partial charge in [-0.1, -0.05) is 12.1 Å². The fraction of sp³-hybridized carbons (Fsp3) is 0.192. The zero-order chi connectivity index (χ0) is 24.2. The molecule has 9 heteroatoms. The summed E-state index contributed by atoms with van der Waals surface area (Å²) in [4.78, 5) is 34.7. The van der Waals surface area contributed by atoms with Gasteiger partial charge in [0.2, 0.25) is 0 Å². The first kappa shape index (κ1) is 22.4. The first-order valence-electron chi connectivity index (χ1n) is 11.4. The number of para-hydroxylation sites is 1. The van der Waals surface area contributed by atoms with Gasteiger partial charge in [-0.05, 0) is 53.9 Å². The Morgan fingerprint density at radius 3 is 2.57 bits per heavy atom. The van der Waals surface area contributed by atoms with Crippen LogP contribution in [-0.2, 0) is 4.74 Å². The van der Waals surface area contributed by atoms with Gasteiger partial charge in [-0.15, -0.1) is 0 Å². The SMILES string of the molecule is CNC(=O)c1ccccc1Nc1cc2cc[nH]c(=O)c2c(Nc2ccc(N3CCOCC3)cc2)n1. The highest BCUT2D eigenvalue weighted by Gasteiger charge is 2.15. The third kappa shape index (κ3) is 4.80. The lowest BCUT2D eigenvalue weighted by atomic mass is 10.1. The average Bonchev–Trinajstić information content (AvgIpc) is 2.89. The topological polar surface area (TPSA) is 111 Å². The molecule has 0 atom stereocenters. The predicted octanol–water partition coefficient (Wildman–Crippen LogP) is 3.61. The van der Waals surface area contributed by atoms with Crippen LogP contribution in [0, 0.1) is 0 Å². The van der Waals surface area contributed by atoms with Crippen molar-refractivity contribution in [3.8, 4) is 0 Å². The lowest BCUT2D eigenvalue weighted by molar-refractivity contribution is 0.0964. The van der Waals surface area contributed by atoms with E-state index in [4.69, 9.17) is 4.74 Å². The summed E-state index contributed by atoms with van der Waals surface area (Å²) in [5.74, 6) is 0.722. The van der Waals surface area contributed by atoms with Crippen LogP contribution in [0.4, 0.5) is 28.7 Å². The molecule has 1 amide bonds. The molecule has 1 aliphatic heterocycles. The summed E-state index contributed by atoms with van der Waals surface area (Å²) in [5, 5.41) is 10.4. The highest BCUT2D eigenvalue weighted by molar-refractivity contribution is 6.00. The van der Waals surface area contributed by atoms with Crippen LogP contribution in [-0.4, -0.2) is 49.2 Å². The van der Waals surface area contributed by atoms with E-state index in [2.05, 4.69) is 30.8 Å². The predicted molar refractivity (Wildman–Crippen MR) is 138 cm³/mol. The van der Waals surface area contributed by atoms with Crippen molar-refractivity contribution in [1.29, 1.82) is 0 Å². The summed E-state index contributed by atoms with van der Waals surface area (Å²) >= 11 is 0. The molecule has 1 fully saturated rings. The van der Waals surface area contributed by atoms with Crippen molar-refractivity contribution in [3.05, 3.63) is 82.8 Å². The highest BCUT2D eigenvalue weighted by atomic mass is 16.5. The van der Waals surface area contributed by atoms with Crippen LogP contribution in [0.1, 0.15) is 10.4 Å². The van der Waals surface area contributed by atoms with Crippen molar-refractivity contribution in [2.75, 3.05) is 48.9 Å². The Morgan fingerprint density at radius 2 is 1.80 bits per heavy atom. The second kappa shape index (κ2) is 9.86. The van der Waals surface area contributed by atoms with E-state index in [0.29, 0.717) is 28.3 Å². The summed E-state index contributed by atoms with van der Waals surface area (Å²) in [6.45, 7) is 3.17. The number of carbonyl (C=O) groups excluding carboxylic acids is 1. The molecule has 35 heavy (non-hydrogen) atoms. The van der Waals surface area contributed by atoms with Gasteiger partial charge >= 0.3 is 0 Å². The number of pyridine rings is 2. The van der Waals surface area contributed by atoms with Crippen LogP contribution in [0.3, 0.4) is 0 Å². The third-order valence-corrected chi connectivity index (χ3v) is 5.92. The molecule has 178 valence electrons. The van der Waals surface area contributed by atoms with Crippen LogP contribution >= 0.6 is 0 Å². The minimum absolute atomic E-state index is 0.205. The lowest BCUT2D eigenvalue weighted by Gasteiger charge is -2.28. The first-order chi connectivity index (χ1) is 17.1. The Bertz CT molecular complexity index is 1410. The van der Waals surface area contributed by atoms with Gasteiger partial charge in [-0.2, -0.15) is 0 Å². The Kier molecular flexibility index (Phi) is 6.32. The molecule has 0 radical (unpaired) electrons. The quantitative estimate of drug-likeness (QED) is 0.341. The number of anilines is 5. The van der Waals surface area contributed by atoms with Gasteiger partial charge < -0.3 is 30.6 Å². The number of benzene rings is 2. The van der Waals surface area contributed by atoms with Crippen LogP contribution in [0.15, 0.2) is 71.7 Å². The number of nitrogens with one attached hydrogen (secondary N) is 4. The number of ether oxygens (including phenoxy) is 1. The number of carbonyl (C=O) groups is 1. The normalized spacial score (nSPS) is 13.5.